The van der Waals surface area contributed by atoms with Crippen molar-refractivity contribution in [3.8, 4) is 0 Å². The summed E-state index contributed by atoms with van der Waals surface area (Å²) in [5.41, 5.74) is 8.21. The van der Waals surface area contributed by atoms with E-state index in [4.69, 9.17) is 20.1 Å². The SMILES string of the molecule is COC1CC(N=[N+]=[N-])COC1CO. The molecule has 0 spiro atoms. The van der Waals surface area contributed by atoms with E-state index in [2.05, 4.69) is 10.0 Å². The second-order valence-corrected chi connectivity index (χ2v) is 2.92. The zero-order chi connectivity index (χ0) is 9.68. The maximum atomic E-state index is 8.90. The molecule has 0 amide bonds. The van der Waals surface area contributed by atoms with E-state index in [1.165, 1.54) is 0 Å². The highest BCUT2D eigenvalue weighted by atomic mass is 16.5. The number of aliphatic hydroxyl groups is 1. The van der Waals surface area contributed by atoms with E-state index in [0.29, 0.717) is 13.0 Å². The molecule has 1 rings (SSSR count). The minimum Gasteiger partial charge on any atom is -0.394 e. The van der Waals surface area contributed by atoms with Gasteiger partial charge < -0.3 is 14.6 Å². The smallest absolute Gasteiger partial charge is 0.107 e. The first kappa shape index (κ1) is 10.3. The minimum absolute atomic E-state index is 0.0680. The number of aliphatic hydroxyl groups excluding tert-OH is 1. The molecule has 13 heavy (non-hydrogen) atoms. The Morgan fingerprint density at radius 1 is 1.77 bits per heavy atom. The molecule has 3 atom stereocenters. The highest BCUT2D eigenvalue weighted by molar-refractivity contribution is 4.83. The Bertz CT molecular complexity index is 205. The summed E-state index contributed by atoms with van der Waals surface area (Å²) in [7, 11) is 1.55. The third-order valence-electron chi connectivity index (χ3n) is 2.12. The molecule has 1 heterocycles. The maximum absolute atomic E-state index is 8.90. The second-order valence-electron chi connectivity index (χ2n) is 2.92. The van der Waals surface area contributed by atoms with Gasteiger partial charge in [0.1, 0.15) is 6.10 Å². The van der Waals surface area contributed by atoms with Crippen LogP contribution < -0.4 is 0 Å². The van der Waals surface area contributed by atoms with Gasteiger partial charge in [0.15, 0.2) is 0 Å². The third kappa shape index (κ3) is 2.57. The van der Waals surface area contributed by atoms with Crippen molar-refractivity contribution in [2.45, 2.75) is 24.7 Å². The molecule has 1 fully saturated rings. The molecule has 0 aromatic carbocycles. The molecule has 0 aliphatic carbocycles. The minimum atomic E-state index is -0.296. The van der Waals surface area contributed by atoms with Gasteiger partial charge in [-0.2, -0.15) is 0 Å². The Morgan fingerprint density at radius 3 is 3.08 bits per heavy atom. The average Bonchev–Trinajstić information content (AvgIpc) is 2.18. The van der Waals surface area contributed by atoms with Gasteiger partial charge in [0.05, 0.1) is 25.4 Å². The van der Waals surface area contributed by atoms with Crippen LogP contribution in [-0.4, -0.2) is 43.7 Å². The Hall–Kier alpha value is -0.810. The normalized spacial score (nSPS) is 33.8. The van der Waals surface area contributed by atoms with Gasteiger partial charge in [0, 0.05) is 12.0 Å². The van der Waals surface area contributed by atoms with E-state index < -0.39 is 0 Å². The fourth-order valence-corrected chi connectivity index (χ4v) is 1.40. The summed E-state index contributed by atoms with van der Waals surface area (Å²) < 4.78 is 10.4. The summed E-state index contributed by atoms with van der Waals surface area (Å²) in [4.78, 5) is 2.71. The summed E-state index contributed by atoms with van der Waals surface area (Å²) in [6, 6.07) is -0.183. The predicted octanol–water partition coefficient (Wildman–Crippen LogP) is 0.461. The fraction of sp³-hybridized carbons (Fsp3) is 1.00. The molecule has 6 nitrogen and oxygen atoms in total. The molecule has 1 aliphatic rings. The van der Waals surface area contributed by atoms with Gasteiger partial charge >= 0.3 is 0 Å². The number of hydrogen-bond donors (Lipinski definition) is 1. The van der Waals surface area contributed by atoms with E-state index >= 15 is 0 Å². The van der Waals surface area contributed by atoms with Crippen LogP contribution >= 0.6 is 0 Å². The van der Waals surface area contributed by atoms with Gasteiger partial charge in [-0.25, -0.2) is 0 Å². The number of azide groups is 1. The van der Waals surface area contributed by atoms with Crippen molar-refractivity contribution in [3.05, 3.63) is 10.4 Å². The second kappa shape index (κ2) is 5.04. The lowest BCUT2D eigenvalue weighted by Crippen LogP contribution is -2.43. The first-order valence-corrected chi connectivity index (χ1v) is 4.11. The first-order valence-electron chi connectivity index (χ1n) is 4.11. The zero-order valence-corrected chi connectivity index (χ0v) is 7.46. The van der Waals surface area contributed by atoms with E-state index in [1.54, 1.807) is 7.11 Å². The lowest BCUT2D eigenvalue weighted by Gasteiger charge is -2.32. The summed E-state index contributed by atoms with van der Waals surface area (Å²) in [5.74, 6) is 0. The summed E-state index contributed by atoms with van der Waals surface area (Å²) in [6.07, 6.45) is 0.121. The van der Waals surface area contributed by atoms with E-state index in [1.807, 2.05) is 0 Å². The molecule has 6 heteroatoms. The molecular weight excluding hydrogens is 174 g/mol. The first-order chi connectivity index (χ1) is 6.31. The van der Waals surface area contributed by atoms with Crippen molar-refractivity contribution < 1.29 is 14.6 Å². The van der Waals surface area contributed by atoms with Crippen LogP contribution in [0.4, 0.5) is 0 Å². The Morgan fingerprint density at radius 2 is 2.54 bits per heavy atom. The standard InChI is InChI=1S/C7H13N3O3/c1-12-6-2-5(9-10-8)4-13-7(6)3-11/h5-7,11H,2-4H2,1H3. The molecule has 3 unspecified atom stereocenters. The van der Waals surface area contributed by atoms with Crippen LogP contribution in [0.15, 0.2) is 5.11 Å². The number of nitrogens with zero attached hydrogens (tertiary/aromatic N) is 3. The van der Waals surface area contributed by atoms with Crippen molar-refractivity contribution in [2.24, 2.45) is 5.11 Å². The molecule has 1 saturated heterocycles. The van der Waals surface area contributed by atoms with Crippen molar-refractivity contribution in [1.29, 1.82) is 0 Å². The topological polar surface area (TPSA) is 87.5 Å². The van der Waals surface area contributed by atoms with Gasteiger partial charge in [0.25, 0.3) is 0 Å². The lowest BCUT2D eigenvalue weighted by atomic mass is 10.0. The largest absolute Gasteiger partial charge is 0.394 e. The van der Waals surface area contributed by atoms with E-state index in [9.17, 15) is 0 Å². The van der Waals surface area contributed by atoms with Gasteiger partial charge in [-0.1, -0.05) is 5.11 Å². The van der Waals surface area contributed by atoms with Crippen LogP contribution in [0.1, 0.15) is 6.42 Å². The molecule has 0 saturated carbocycles. The molecule has 1 N–H and O–H groups in total. The molecule has 1 aliphatic heterocycles. The van der Waals surface area contributed by atoms with Gasteiger partial charge in [0.2, 0.25) is 0 Å². The van der Waals surface area contributed by atoms with Crippen molar-refractivity contribution in [3.63, 3.8) is 0 Å². The summed E-state index contributed by atoms with van der Waals surface area (Å²) >= 11 is 0. The number of rotatable bonds is 3. The molecule has 0 aromatic heterocycles. The summed E-state index contributed by atoms with van der Waals surface area (Å²) in [5, 5.41) is 12.4. The highest BCUT2D eigenvalue weighted by Crippen LogP contribution is 2.19. The predicted molar refractivity (Wildman–Crippen MR) is 45.2 cm³/mol. The third-order valence-corrected chi connectivity index (χ3v) is 2.12. The Balaban J connectivity index is 2.51. The van der Waals surface area contributed by atoms with Gasteiger partial charge in [-0.15, -0.1) is 0 Å². The van der Waals surface area contributed by atoms with Crippen LogP contribution in [0.5, 0.6) is 0 Å². The van der Waals surface area contributed by atoms with Gasteiger partial charge in [-0.3, -0.25) is 0 Å². The zero-order valence-electron chi connectivity index (χ0n) is 7.46. The number of ether oxygens (including phenoxy) is 2. The van der Waals surface area contributed by atoms with Gasteiger partial charge in [-0.05, 0) is 12.0 Å². The van der Waals surface area contributed by atoms with E-state index in [0.717, 1.165) is 0 Å². The number of methoxy groups -OCH3 is 1. The number of hydrogen-bond acceptors (Lipinski definition) is 4. The quantitative estimate of drug-likeness (QED) is 0.395. The monoisotopic (exact) mass is 187 g/mol. The summed E-state index contributed by atoms with van der Waals surface area (Å²) in [6.45, 7) is 0.288. The molecule has 0 aromatic rings. The molecular formula is C7H13N3O3. The van der Waals surface area contributed by atoms with Crippen molar-refractivity contribution in [1.82, 2.24) is 0 Å². The fourth-order valence-electron chi connectivity index (χ4n) is 1.40. The van der Waals surface area contributed by atoms with E-state index in [-0.39, 0.29) is 24.9 Å². The van der Waals surface area contributed by atoms with Crippen LogP contribution in [0.25, 0.3) is 10.4 Å². The lowest BCUT2D eigenvalue weighted by molar-refractivity contribution is -0.115. The Labute approximate surface area is 76.1 Å². The highest BCUT2D eigenvalue weighted by Gasteiger charge is 2.30. The van der Waals surface area contributed by atoms with Crippen molar-refractivity contribution in [2.75, 3.05) is 20.3 Å². The van der Waals surface area contributed by atoms with Crippen LogP contribution in [0.2, 0.25) is 0 Å². The average molecular weight is 187 g/mol. The van der Waals surface area contributed by atoms with Crippen LogP contribution in [0.3, 0.4) is 0 Å². The van der Waals surface area contributed by atoms with Crippen molar-refractivity contribution >= 4 is 0 Å². The van der Waals surface area contributed by atoms with Crippen LogP contribution in [-0.2, 0) is 9.47 Å². The Kier molecular flexibility index (Phi) is 3.98. The molecule has 0 radical (unpaired) electrons. The van der Waals surface area contributed by atoms with Crippen LogP contribution in [0, 0.1) is 0 Å². The molecule has 0 bridgehead atoms. The molecule has 74 valence electrons. The maximum Gasteiger partial charge on any atom is 0.107 e.